The lowest BCUT2D eigenvalue weighted by atomic mass is 10.2. The zero-order valence-corrected chi connectivity index (χ0v) is 8.18. The molecule has 0 atom stereocenters. The molecule has 15 heavy (non-hydrogen) atoms. The normalized spacial score (nSPS) is 10.1. The van der Waals surface area contributed by atoms with E-state index in [9.17, 15) is 0 Å². The summed E-state index contributed by atoms with van der Waals surface area (Å²) in [6.07, 6.45) is 1.72. The van der Waals surface area contributed by atoms with Crippen LogP contribution < -0.4 is 15.5 Å². The quantitative estimate of drug-likeness (QED) is 0.591. The van der Waals surface area contributed by atoms with Gasteiger partial charge in [0.25, 0.3) is 11.2 Å². The maximum absolute atomic E-state index is 7.62. The van der Waals surface area contributed by atoms with Crippen molar-refractivity contribution >= 4 is 0 Å². The second-order valence-corrected chi connectivity index (χ2v) is 3.09. The second-order valence-electron chi connectivity index (χ2n) is 3.09. The lowest BCUT2D eigenvalue weighted by Crippen LogP contribution is -2.39. The van der Waals surface area contributed by atoms with E-state index in [-0.39, 0.29) is 5.55 Å². The topological polar surface area (TPSA) is 55.0 Å². The zero-order valence-electron chi connectivity index (χ0n) is 8.18. The predicted molar refractivity (Wildman–Crippen MR) is 53.7 cm³/mol. The first-order valence-corrected chi connectivity index (χ1v) is 4.60. The molecule has 0 radical (unpaired) electrons. The Morgan fingerprint density at radius 3 is 2.80 bits per heavy atom. The van der Waals surface area contributed by atoms with Gasteiger partial charge in [0.2, 0.25) is 0 Å². The van der Waals surface area contributed by atoms with Gasteiger partial charge in [-0.3, -0.25) is 10.7 Å². The van der Waals surface area contributed by atoms with Crippen LogP contribution in [0.15, 0.2) is 47.5 Å². The van der Waals surface area contributed by atoms with Crippen molar-refractivity contribution in [2.45, 2.75) is 6.54 Å². The molecule has 1 N–H and O–H groups in total. The Kier molecular flexibility index (Phi) is 2.49. The van der Waals surface area contributed by atoms with E-state index in [1.165, 1.54) is 0 Å². The molecule has 4 nitrogen and oxygen atoms in total. The summed E-state index contributed by atoms with van der Waals surface area (Å²) in [4.78, 5) is 0. The van der Waals surface area contributed by atoms with Crippen molar-refractivity contribution in [3.63, 3.8) is 0 Å². The van der Waals surface area contributed by atoms with Gasteiger partial charge in [-0.1, -0.05) is 24.8 Å². The van der Waals surface area contributed by atoms with Gasteiger partial charge in [-0.2, -0.15) is 0 Å². The summed E-state index contributed by atoms with van der Waals surface area (Å²) in [5.74, 6) is 0. The van der Waals surface area contributed by atoms with Gasteiger partial charge in [0.15, 0.2) is 6.54 Å². The zero-order chi connectivity index (χ0) is 10.7. The number of benzene rings is 1. The molecule has 0 aliphatic heterocycles. The van der Waals surface area contributed by atoms with E-state index < -0.39 is 0 Å². The fourth-order valence-electron chi connectivity index (χ4n) is 1.41. The molecule has 0 fully saturated rings. The fraction of sp³-hybridized carbons (Fsp3) is 0.0909. The van der Waals surface area contributed by atoms with Crippen LogP contribution in [0.3, 0.4) is 0 Å². The highest BCUT2D eigenvalue weighted by atomic mass is 16.5. The van der Waals surface area contributed by atoms with Gasteiger partial charge in [-0.05, 0) is 18.2 Å². The van der Waals surface area contributed by atoms with Crippen LogP contribution in [0.5, 0.6) is 0 Å². The highest BCUT2D eigenvalue weighted by molar-refractivity contribution is 5.53. The van der Waals surface area contributed by atoms with Gasteiger partial charge >= 0.3 is 0 Å². The van der Waals surface area contributed by atoms with E-state index >= 15 is 0 Å². The average Bonchev–Trinajstić information content (AvgIpc) is 2.62. The molecule has 4 heteroatoms. The van der Waals surface area contributed by atoms with Crippen molar-refractivity contribution in [3.8, 4) is 11.3 Å². The Morgan fingerprint density at radius 1 is 1.40 bits per heavy atom. The molecule has 0 saturated heterocycles. The molecule has 0 amide bonds. The van der Waals surface area contributed by atoms with Gasteiger partial charge in [-0.15, -0.1) is 0 Å². The third-order valence-corrected chi connectivity index (χ3v) is 2.05. The second kappa shape index (κ2) is 3.96. The number of nitrogens with one attached hydrogen (secondary N) is 1. The lowest BCUT2D eigenvalue weighted by Gasteiger charge is -1.98. The number of nitrogens with zero attached hydrogens (tertiary/aromatic N) is 2. The number of aromatic nitrogens is 2. The van der Waals surface area contributed by atoms with Crippen LogP contribution in [0.2, 0.25) is 0 Å². The van der Waals surface area contributed by atoms with Crippen LogP contribution in [-0.4, -0.2) is 0 Å². The third kappa shape index (κ3) is 1.74. The van der Waals surface area contributed by atoms with Crippen molar-refractivity contribution in [2.75, 3.05) is 0 Å². The predicted octanol–water partition coefficient (Wildman–Crippen LogP) is 0.857. The molecular weight excluding hydrogens is 190 g/mol. The Labute approximate surface area is 86.9 Å². The van der Waals surface area contributed by atoms with Gasteiger partial charge in [0.1, 0.15) is 0 Å². The minimum absolute atomic E-state index is 0.0723. The van der Waals surface area contributed by atoms with Crippen molar-refractivity contribution < 1.29 is 9.20 Å². The van der Waals surface area contributed by atoms with Crippen molar-refractivity contribution in [2.24, 2.45) is 0 Å². The van der Waals surface area contributed by atoms with Gasteiger partial charge < -0.3 is 4.52 Å². The Balaban J connectivity index is 2.56. The number of allylic oxidation sites excluding steroid dienone is 1. The van der Waals surface area contributed by atoms with Crippen molar-refractivity contribution in [3.05, 3.63) is 48.5 Å². The van der Waals surface area contributed by atoms with E-state index in [2.05, 4.69) is 11.9 Å². The first-order valence-electron chi connectivity index (χ1n) is 4.60. The average molecular weight is 201 g/mol. The summed E-state index contributed by atoms with van der Waals surface area (Å²) in [7, 11) is 0. The summed E-state index contributed by atoms with van der Waals surface area (Å²) >= 11 is 0. The largest absolute Gasteiger partial charge is 0.486 e. The summed E-state index contributed by atoms with van der Waals surface area (Å²) in [5.41, 5.74) is 1.67. The summed E-state index contributed by atoms with van der Waals surface area (Å²) in [5, 5.41) is 11.4. The molecule has 1 heterocycles. The van der Waals surface area contributed by atoms with Gasteiger partial charge in [-0.25, -0.2) is 4.68 Å². The van der Waals surface area contributed by atoms with E-state index in [4.69, 9.17) is 9.93 Å². The summed E-state index contributed by atoms with van der Waals surface area (Å²) in [6.45, 7) is 4.17. The molecule has 0 bridgehead atoms. The highest BCUT2D eigenvalue weighted by Crippen LogP contribution is 2.09. The van der Waals surface area contributed by atoms with E-state index in [1.807, 2.05) is 30.3 Å². The van der Waals surface area contributed by atoms with Crippen LogP contribution in [0.25, 0.3) is 11.3 Å². The Morgan fingerprint density at radius 2 is 2.13 bits per heavy atom. The van der Waals surface area contributed by atoms with Crippen LogP contribution in [0.1, 0.15) is 0 Å². The number of rotatable bonds is 3. The summed E-state index contributed by atoms with van der Waals surface area (Å²) < 4.78 is 6.45. The maximum atomic E-state index is 7.62. The van der Waals surface area contributed by atoms with Crippen LogP contribution in [-0.2, 0) is 6.54 Å². The molecular formula is C11H11N3O. The molecule has 0 unspecified atom stereocenters. The number of hydrogen-bond acceptors (Lipinski definition) is 2. The minimum atomic E-state index is 0.0723. The molecule has 1 aromatic heterocycles. The van der Waals surface area contributed by atoms with Crippen LogP contribution in [0, 0.1) is 5.41 Å². The fourth-order valence-corrected chi connectivity index (χ4v) is 1.41. The first-order chi connectivity index (χ1) is 7.33. The first kappa shape index (κ1) is 9.45. The maximum Gasteiger partial charge on any atom is 0.273 e. The monoisotopic (exact) mass is 201 g/mol. The highest BCUT2D eigenvalue weighted by Gasteiger charge is 2.12. The van der Waals surface area contributed by atoms with Gasteiger partial charge in [0.05, 0.1) is 5.56 Å². The standard InChI is InChI=1S/C11H11N3O/c1-2-8-14-10(11(12)15-13-14)9-6-4-3-5-7-9/h2-7,12H,1,8H2. The molecule has 0 spiro atoms. The van der Waals surface area contributed by atoms with Crippen molar-refractivity contribution in [1.29, 1.82) is 5.41 Å². The Hall–Kier alpha value is -2.10. The van der Waals surface area contributed by atoms with E-state index in [0.717, 1.165) is 5.56 Å². The molecule has 0 aliphatic carbocycles. The summed E-state index contributed by atoms with van der Waals surface area (Å²) in [6, 6.07) is 9.60. The SMILES string of the molecule is C=CC[n+]1[n-]oc(=N)c1-c1ccccc1. The van der Waals surface area contributed by atoms with E-state index in [0.29, 0.717) is 12.2 Å². The lowest BCUT2D eigenvalue weighted by molar-refractivity contribution is -0.749. The minimum Gasteiger partial charge on any atom is -0.486 e. The smallest absolute Gasteiger partial charge is 0.273 e. The third-order valence-electron chi connectivity index (χ3n) is 2.05. The van der Waals surface area contributed by atoms with Crippen LogP contribution in [0.4, 0.5) is 0 Å². The molecule has 1 aromatic carbocycles. The Bertz CT molecular complexity index is 510. The molecule has 0 saturated carbocycles. The number of hydrogen-bond donors (Lipinski definition) is 1. The molecule has 76 valence electrons. The van der Waals surface area contributed by atoms with Crippen LogP contribution >= 0.6 is 0 Å². The molecule has 0 aliphatic rings. The molecule has 2 aromatic rings. The van der Waals surface area contributed by atoms with Gasteiger partial charge in [0, 0.05) is 0 Å². The molecule has 2 rings (SSSR count). The van der Waals surface area contributed by atoms with E-state index in [1.54, 1.807) is 10.8 Å². The van der Waals surface area contributed by atoms with Crippen molar-refractivity contribution in [1.82, 2.24) is 5.27 Å².